The fourth-order valence-electron chi connectivity index (χ4n) is 2.09. The van der Waals surface area contributed by atoms with Crippen LogP contribution in [-0.2, 0) is 4.74 Å². The first-order valence-corrected chi connectivity index (χ1v) is 6.59. The third kappa shape index (κ3) is 3.37. The van der Waals surface area contributed by atoms with Crippen LogP contribution in [0.25, 0.3) is 0 Å². The highest BCUT2D eigenvalue weighted by atomic mass is 16.5. The largest absolute Gasteiger partial charge is 0.490 e. The summed E-state index contributed by atoms with van der Waals surface area (Å²) in [6.07, 6.45) is 1.67. The van der Waals surface area contributed by atoms with Gasteiger partial charge in [0.15, 0.2) is 0 Å². The van der Waals surface area contributed by atoms with Gasteiger partial charge in [0.05, 0.1) is 25.9 Å². The average Bonchev–Trinajstić information content (AvgIpc) is 2.52. The number of hydrogen-bond acceptors (Lipinski definition) is 4. The number of morpholine rings is 1. The molecule has 5 heteroatoms. The van der Waals surface area contributed by atoms with Gasteiger partial charge >= 0.3 is 0 Å². The van der Waals surface area contributed by atoms with E-state index < -0.39 is 0 Å². The van der Waals surface area contributed by atoms with Crippen molar-refractivity contribution in [1.29, 1.82) is 0 Å². The number of nitrogens with zero attached hydrogens (tertiary/aromatic N) is 1. The van der Waals surface area contributed by atoms with E-state index in [0.29, 0.717) is 37.7 Å². The number of aliphatic hydroxyl groups is 1. The van der Waals surface area contributed by atoms with E-state index in [9.17, 15) is 9.90 Å². The van der Waals surface area contributed by atoms with Gasteiger partial charge in [0, 0.05) is 12.1 Å². The standard InChI is InChI=1S/C15H19NO4/c1-2-8-20-14-5-3-12(4-6-14)15(18)16-7-9-19-11-13(16)10-17/h2-6,13,17H,1,7-11H2. The molecule has 108 valence electrons. The fraction of sp³-hybridized carbons (Fsp3) is 0.400. The van der Waals surface area contributed by atoms with E-state index in [-0.39, 0.29) is 18.6 Å². The molecule has 0 spiro atoms. The van der Waals surface area contributed by atoms with Crippen LogP contribution in [0.15, 0.2) is 36.9 Å². The first-order chi connectivity index (χ1) is 9.76. The summed E-state index contributed by atoms with van der Waals surface area (Å²) in [5.41, 5.74) is 0.580. The second-order valence-electron chi connectivity index (χ2n) is 4.53. The van der Waals surface area contributed by atoms with Gasteiger partial charge in [-0.15, -0.1) is 0 Å². The molecule has 1 amide bonds. The number of aliphatic hydroxyl groups excluding tert-OH is 1. The summed E-state index contributed by atoms with van der Waals surface area (Å²) >= 11 is 0. The first-order valence-electron chi connectivity index (χ1n) is 6.59. The molecule has 1 aliphatic rings. The van der Waals surface area contributed by atoms with Crippen LogP contribution in [-0.4, -0.2) is 54.9 Å². The molecule has 1 heterocycles. The van der Waals surface area contributed by atoms with Gasteiger partial charge in [0.25, 0.3) is 5.91 Å². The van der Waals surface area contributed by atoms with Gasteiger partial charge in [0.2, 0.25) is 0 Å². The maximum absolute atomic E-state index is 12.4. The molecule has 1 atom stereocenters. The molecule has 5 nitrogen and oxygen atoms in total. The van der Waals surface area contributed by atoms with Crippen LogP contribution in [0.1, 0.15) is 10.4 Å². The van der Waals surface area contributed by atoms with Crippen molar-refractivity contribution in [3.8, 4) is 5.75 Å². The molecule has 1 aromatic carbocycles. The number of hydrogen-bond donors (Lipinski definition) is 1. The molecule has 20 heavy (non-hydrogen) atoms. The molecule has 1 aliphatic heterocycles. The van der Waals surface area contributed by atoms with E-state index in [4.69, 9.17) is 9.47 Å². The molecule has 1 aromatic rings. The second kappa shape index (κ2) is 7.07. The average molecular weight is 277 g/mol. The molecule has 1 unspecified atom stereocenters. The Morgan fingerprint density at radius 1 is 1.50 bits per heavy atom. The minimum Gasteiger partial charge on any atom is -0.490 e. The monoisotopic (exact) mass is 277 g/mol. The van der Waals surface area contributed by atoms with Crippen LogP contribution in [0, 0.1) is 0 Å². The Balaban J connectivity index is 2.05. The Morgan fingerprint density at radius 3 is 2.90 bits per heavy atom. The minimum absolute atomic E-state index is 0.0910. The summed E-state index contributed by atoms with van der Waals surface area (Å²) in [5.74, 6) is 0.602. The van der Waals surface area contributed by atoms with Gasteiger partial charge in [-0.25, -0.2) is 0 Å². The number of carbonyl (C=O) groups is 1. The Hall–Kier alpha value is -1.85. The van der Waals surface area contributed by atoms with Crippen molar-refractivity contribution in [1.82, 2.24) is 4.90 Å². The molecule has 0 aromatic heterocycles. The van der Waals surface area contributed by atoms with E-state index in [2.05, 4.69) is 6.58 Å². The molecule has 0 saturated carbocycles. The summed E-state index contributed by atoms with van der Waals surface area (Å²) in [7, 11) is 0. The maximum atomic E-state index is 12.4. The zero-order chi connectivity index (χ0) is 14.4. The van der Waals surface area contributed by atoms with Gasteiger partial charge in [-0.2, -0.15) is 0 Å². The lowest BCUT2D eigenvalue weighted by Gasteiger charge is -2.34. The van der Waals surface area contributed by atoms with Crippen LogP contribution in [0.5, 0.6) is 5.75 Å². The summed E-state index contributed by atoms with van der Waals surface area (Å²) in [6.45, 7) is 5.30. The van der Waals surface area contributed by atoms with Gasteiger partial charge in [0.1, 0.15) is 12.4 Å². The molecule has 0 aliphatic carbocycles. The van der Waals surface area contributed by atoms with Gasteiger partial charge in [-0.3, -0.25) is 4.79 Å². The van der Waals surface area contributed by atoms with Crippen LogP contribution in [0.3, 0.4) is 0 Å². The highest BCUT2D eigenvalue weighted by Gasteiger charge is 2.27. The van der Waals surface area contributed by atoms with E-state index >= 15 is 0 Å². The normalized spacial score (nSPS) is 18.6. The zero-order valence-corrected chi connectivity index (χ0v) is 11.3. The third-order valence-electron chi connectivity index (χ3n) is 3.17. The molecular weight excluding hydrogens is 258 g/mol. The fourth-order valence-corrected chi connectivity index (χ4v) is 2.09. The van der Waals surface area contributed by atoms with Crippen LogP contribution in [0.2, 0.25) is 0 Å². The van der Waals surface area contributed by atoms with Crippen LogP contribution < -0.4 is 4.74 Å². The number of rotatable bonds is 5. The topological polar surface area (TPSA) is 59.0 Å². The van der Waals surface area contributed by atoms with Gasteiger partial charge in [-0.05, 0) is 24.3 Å². The Bertz CT molecular complexity index is 457. The SMILES string of the molecule is C=CCOc1ccc(C(=O)N2CCOCC2CO)cc1. The lowest BCUT2D eigenvalue weighted by molar-refractivity contribution is -0.0183. The highest BCUT2D eigenvalue weighted by Crippen LogP contribution is 2.16. The smallest absolute Gasteiger partial charge is 0.254 e. The van der Waals surface area contributed by atoms with Crippen LogP contribution in [0.4, 0.5) is 0 Å². The van der Waals surface area contributed by atoms with E-state index in [1.165, 1.54) is 0 Å². The quantitative estimate of drug-likeness (QED) is 0.818. The highest BCUT2D eigenvalue weighted by molar-refractivity contribution is 5.94. The molecule has 2 rings (SSSR count). The van der Waals surface area contributed by atoms with Crippen molar-refractivity contribution >= 4 is 5.91 Å². The molecule has 1 saturated heterocycles. The van der Waals surface area contributed by atoms with Gasteiger partial charge < -0.3 is 19.5 Å². The summed E-state index contributed by atoms with van der Waals surface area (Å²) in [6, 6.07) is 6.69. The van der Waals surface area contributed by atoms with Crippen molar-refractivity contribution in [3.63, 3.8) is 0 Å². The maximum Gasteiger partial charge on any atom is 0.254 e. The Morgan fingerprint density at radius 2 is 2.25 bits per heavy atom. The number of benzene rings is 1. The third-order valence-corrected chi connectivity index (χ3v) is 3.17. The van der Waals surface area contributed by atoms with E-state index in [1.54, 1.807) is 35.2 Å². The molecule has 1 N–H and O–H groups in total. The van der Waals surface area contributed by atoms with E-state index in [0.717, 1.165) is 0 Å². The summed E-state index contributed by atoms with van der Waals surface area (Å²) in [4.78, 5) is 14.1. The Kier molecular flexibility index (Phi) is 5.15. The lowest BCUT2D eigenvalue weighted by Crippen LogP contribution is -2.50. The van der Waals surface area contributed by atoms with Crippen LogP contribution >= 0.6 is 0 Å². The lowest BCUT2D eigenvalue weighted by atomic mass is 10.1. The predicted octanol–water partition coefficient (Wildman–Crippen LogP) is 1.08. The predicted molar refractivity (Wildman–Crippen MR) is 74.9 cm³/mol. The summed E-state index contributed by atoms with van der Waals surface area (Å²) in [5, 5.41) is 9.30. The zero-order valence-electron chi connectivity index (χ0n) is 11.3. The van der Waals surface area contributed by atoms with Crippen molar-refractivity contribution < 1.29 is 19.4 Å². The Labute approximate surface area is 118 Å². The van der Waals surface area contributed by atoms with Crippen molar-refractivity contribution in [3.05, 3.63) is 42.5 Å². The minimum atomic E-state index is -0.270. The van der Waals surface area contributed by atoms with Crippen molar-refractivity contribution in [2.45, 2.75) is 6.04 Å². The van der Waals surface area contributed by atoms with Crippen molar-refractivity contribution in [2.75, 3.05) is 33.0 Å². The molecular formula is C15H19NO4. The van der Waals surface area contributed by atoms with Gasteiger partial charge in [-0.1, -0.05) is 12.7 Å². The summed E-state index contributed by atoms with van der Waals surface area (Å²) < 4.78 is 10.6. The second-order valence-corrected chi connectivity index (χ2v) is 4.53. The number of carbonyl (C=O) groups excluding carboxylic acids is 1. The first kappa shape index (κ1) is 14.6. The van der Waals surface area contributed by atoms with E-state index in [1.807, 2.05) is 0 Å². The molecule has 1 fully saturated rings. The number of amides is 1. The van der Waals surface area contributed by atoms with Crippen molar-refractivity contribution in [2.24, 2.45) is 0 Å². The molecule has 0 radical (unpaired) electrons. The molecule has 0 bridgehead atoms. The number of ether oxygens (including phenoxy) is 2.